The van der Waals surface area contributed by atoms with Crippen LogP contribution in [0.2, 0.25) is 0 Å². The number of carboxylic acid groups (broad SMARTS) is 1. The highest BCUT2D eigenvalue weighted by molar-refractivity contribution is 5.78. The molecular formula is C16H23NO3. The third-order valence-electron chi connectivity index (χ3n) is 4.51. The molecule has 2 atom stereocenters. The summed E-state index contributed by atoms with van der Waals surface area (Å²) in [5.41, 5.74) is 1.02. The molecular weight excluding hydrogens is 254 g/mol. The van der Waals surface area contributed by atoms with Crippen molar-refractivity contribution in [2.75, 3.05) is 6.54 Å². The van der Waals surface area contributed by atoms with E-state index in [2.05, 4.69) is 0 Å². The Hall–Kier alpha value is -1.55. The van der Waals surface area contributed by atoms with Crippen LogP contribution in [-0.4, -0.2) is 33.2 Å². The third kappa shape index (κ3) is 2.52. The number of carboxylic acids is 1. The molecule has 1 fully saturated rings. The molecule has 0 aliphatic carbocycles. The van der Waals surface area contributed by atoms with E-state index in [1.807, 2.05) is 30.9 Å². The van der Waals surface area contributed by atoms with E-state index in [1.54, 1.807) is 13.0 Å². The fourth-order valence-corrected chi connectivity index (χ4v) is 3.17. The number of aromatic hydroxyl groups is 1. The largest absolute Gasteiger partial charge is 0.508 e. The summed E-state index contributed by atoms with van der Waals surface area (Å²) in [5.74, 6) is -0.544. The molecule has 2 N–H and O–H groups in total. The first-order chi connectivity index (χ1) is 9.36. The van der Waals surface area contributed by atoms with E-state index in [-0.39, 0.29) is 11.8 Å². The zero-order valence-corrected chi connectivity index (χ0v) is 12.4. The van der Waals surface area contributed by atoms with Crippen molar-refractivity contribution in [2.24, 2.45) is 0 Å². The smallest absolute Gasteiger partial charge is 0.323 e. The van der Waals surface area contributed by atoms with Crippen LogP contribution in [0.4, 0.5) is 0 Å². The summed E-state index contributed by atoms with van der Waals surface area (Å²) in [6, 6.07) is 5.37. The van der Waals surface area contributed by atoms with Crippen molar-refractivity contribution in [3.05, 3.63) is 29.3 Å². The van der Waals surface area contributed by atoms with Gasteiger partial charge in [-0.2, -0.15) is 0 Å². The molecule has 0 bridgehead atoms. The minimum atomic E-state index is -0.853. The van der Waals surface area contributed by atoms with Crippen LogP contribution in [0.15, 0.2) is 18.2 Å². The van der Waals surface area contributed by atoms with Gasteiger partial charge in [0.15, 0.2) is 0 Å². The second kappa shape index (κ2) is 5.44. The minimum absolute atomic E-state index is 0.115. The number of carbonyl (C=O) groups is 1. The molecule has 1 aromatic carbocycles. The lowest BCUT2D eigenvalue weighted by atomic mass is 9.85. The first kappa shape index (κ1) is 14.9. The molecule has 1 saturated heterocycles. The number of rotatable bonds is 3. The molecule has 1 aliphatic rings. The van der Waals surface area contributed by atoms with Gasteiger partial charge in [-0.25, -0.2) is 0 Å². The fraction of sp³-hybridized carbons (Fsp3) is 0.562. The molecule has 2 rings (SSSR count). The minimum Gasteiger partial charge on any atom is -0.508 e. The number of piperidine rings is 1. The van der Waals surface area contributed by atoms with Crippen LogP contribution in [0.3, 0.4) is 0 Å². The molecule has 4 nitrogen and oxygen atoms in total. The van der Waals surface area contributed by atoms with Gasteiger partial charge in [0, 0.05) is 11.6 Å². The Bertz CT molecular complexity index is 514. The van der Waals surface area contributed by atoms with E-state index < -0.39 is 11.5 Å². The van der Waals surface area contributed by atoms with Gasteiger partial charge in [0.1, 0.15) is 11.3 Å². The van der Waals surface area contributed by atoms with E-state index in [9.17, 15) is 15.0 Å². The number of aliphatic carboxylic acids is 1. The maximum absolute atomic E-state index is 11.7. The van der Waals surface area contributed by atoms with Crippen molar-refractivity contribution in [1.82, 2.24) is 4.90 Å². The number of aryl methyl sites for hydroxylation is 1. The van der Waals surface area contributed by atoms with Gasteiger partial charge < -0.3 is 10.2 Å². The van der Waals surface area contributed by atoms with Gasteiger partial charge in [-0.15, -0.1) is 0 Å². The van der Waals surface area contributed by atoms with E-state index in [0.29, 0.717) is 6.42 Å². The van der Waals surface area contributed by atoms with Gasteiger partial charge in [0.2, 0.25) is 0 Å². The van der Waals surface area contributed by atoms with Crippen LogP contribution in [-0.2, 0) is 4.79 Å². The molecule has 0 saturated carbocycles. The summed E-state index contributed by atoms with van der Waals surface area (Å²) < 4.78 is 0. The summed E-state index contributed by atoms with van der Waals surface area (Å²) in [5, 5.41) is 19.7. The van der Waals surface area contributed by atoms with Crippen molar-refractivity contribution in [3.8, 4) is 5.75 Å². The van der Waals surface area contributed by atoms with Crippen molar-refractivity contribution < 1.29 is 15.0 Å². The van der Waals surface area contributed by atoms with Gasteiger partial charge in [0.25, 0.3) is 0 Å². The summed E-state index contributed by atoms with van der Waals surface area (Å²) in [6.07, 6.45) is 2.59. The number of likely N-dealkylation sites (tertiary alicyclic amines) is 1. The Kier molecular flexibility index (Phi) is 4.04. The second-order valence-corrected chi connectivity index (χ2v) is 5.97. The molecule has 1 heterocycles. The SMILES string of the molecule is Cc1ccc(O)c(C(C)N2CCCCC2(C)C(=O)O)c1. The first-order valence-electron chi connectivity index (χ1n) is 7.16. The fourth-order valence-electron chi connectivity index (χ4n) is 3.17. The monoisotopic (exact) mass is 277 g/mol. The highest BCUT2D eigenvalue weighted by atomic mass is 16.4. The van der Waals surface area contributed by atoms with Gasteiger partial charge in [-0.1, -0.05) is 17.7 Å². The first-order valence-corrected chi connectivity index (χ1v) is 7.16. The lowest BCUT2D eigenvalue weighted by Crippen LogP contribution is -2.55. The summed E-state index contributed by atoms with van der Waals surface area (Å²) in [7, 11) is 0. The molecule has 4 heteroatoms. The van der Waals surface area contributed by atoms with Gasteiger partial charge in [-0.05, 0) is 52.6 Å². The number of phenols is 1. The third-order valence-corrected chi connectivity index (χ3v) is 4.51. The molecule has 0 spiro atoms. The Morgan fingerprint density at radius 2 is 2.10 bits per heavy atom. The Balaban J connectivity index is 2.37. The van der Waals surface area contributed by atoms with Crippen LogP contribution < -0.4 is 0 Å². The average molecular weight is 277 g/mol. The number of benzene rings is 1. The Morgan fingerprint density at radius 1 is 1.40 bits per heavy atom. The second-order valence-electron chi connectivity index (χ2n) is 5.97. The standard InChI is InChI=1S/C16H23NO3/c1-11-6-7-14(18)13(10-11)12(2)17-9-5-4-8-16(17,3)15(19)20/h6-7,10,12,18H,4-5,8-9H2,1-3H3,(H,19,20). The maximum atomic E-state index is 11.7. The lowest BCUT2D eigenvalue weighted by Gasteiger charge is -2.45. The van der Waals surface area contributed by atoms with Crippen LogP contribution >= 0.6 is 0 Å². The normalized spacial score (nSPS) is 25.4. The molecule has 20 heavy (non-hydrogen) atoms. The van der Waals surface area contributed by atoms with Crippen molar-refractivity contribution in [1.29, 1.82) is 0 Å². The van der Waals surface area contributed by atoms with Crippen molar-refractivity contribution >= 4 is 5.97 Å². The topological polar surface area (TPSA) is 60.8 Å². The summed E-state index contributed by atoms with van der Waals surface area (Å²) in [4.78, 5) is 13.7. The highest BCUT2D eigenvalue weighted by Gasteiger charge is 2.44. The predicted molar refractivity (Wildman–Crippen MR) is 77.9 cm³/mol. The van der Waals surface area contributed by atoms with E-state index in [4.69, 9.17) is 0 Å². The van der Waals surface area contributed by atoms with Gasteiger partial charge in [0.05, 0.1) is 0 Å². The lowest BCUT2D eigenvalue weighted by molar-refractivity contribution is -0.155. The van der Waals surface area contributed by atoms with E-state index >= 15 is 0 Å². The van der Waals surface area contributed by atoms with Crippen LogP contribution in [0.5, 0.6) is 5.75 Å². The molecule has 1 aromatic rings. The molecule has 0 radical (unpaired) electrons. The zero-order valence-electron chi connectivity index (χ0n) is 12.4. The molecule has 2 unspecified atom stereocenters. The summed E-state index contributed by atoms with van der Waals surface area (Å²) in [6.45, 7) is 6.48. The van der Waals surface area contributed by atoms with E-state index in [1.165, 1.54) is 0 Å². The van der Waals surface area contributed by atoms with Crippen molar-refractivity contribution in [2.45, 2.75) is 51.6 Å². The van der Waals surface area contributed by atoms with Crippen LogP contribution in [0.1, 0.15) is 50.3 Å². The molecule has 110 valence electrons. The number of phenolic OH excluding ortho intramolecular Hbond substituents is 1. The highest BCUT2D eigenvalue weighted by Crippen LogP contribution is 2.38. The molecule has 0 aromatic heterocycles. The Morgan fingerprint density at radius 3 is 2.75 bits per heavy atom. The predicted octanol–water partition coefficient (Wildman–Crippen LogP) is 3.09. The summed E-state index contributed by atoms with van der Waals surface area (Å²) >= 11 is 0. The Labute approximate surface area is 120 Å². The van der Waals surface area contributed by atoms with Gasteiger partial charge in [-0.3, -0.25) is 9.69 Å². The number of hydrogen-bond donors (Lipinski definition) is 2. The van der Waals surface area contributed by atoms with E-state index in [0.717, 1.165) is 30.5 Å². The maximum Gasteiger partial charge on any atom is 0.323 e. The average Bonchev–Trinajstić information content (AvgIpc) is 2.41. The number of hydrogen-bond acceptors (Lipinski definition) is 3. The quantitative estimate of drug-likeness (QED) is 0.891. The van der Waals surface area contributed by atoms with Crippen LogP contribution in [0.25, 0.3) is 0 Å². The molecule has 1 aliphatic heterocycles. The van der Waals surface area contributed by atoms with Crippen LogP contribution in [0, 0.1) is 6.92 Å². The van der Waals surface area contributed by atoms with Crippen molar-refractivity contribution in [3.63, 3.8) is 0 Å². The number of nitrogens with zero attached hydrogens (tertiary/aromatic N) is 1. The van der Waals surface area contributed by atoms with Gasteiger partial charge >= 0.3 is 5.97 Å². The zero-order chi connectivity index (χ0) is 14.9. The molecule has 0 amide bonds.